The second-order valence-corrected chi connectivity index (χ2v) is 6.34. The minimum Gasteiger partial charge on any atom is -0.355 e. The maximum atomic E-state index is 13.7. The fraction of sp³-hybridized carbons (Fsp3) is 0.190. The monoisotopic (exact) mass is 372 g/mol. The van der Waals surface area contributed by atoms with Crippen molar-refractivity contribution in [1.82, 2.24) is 9.88 Å². The van der Waals surface area contributed by atoms with Crippen LogP contribution in [0.5, 0.6) is 0 Å². The number of aromatic nitrogens is 1. The highest BCUT2D eigenvalue weighted by molar-refractivity contribution is 5.94. The van der Waals surface area contributed by atoms with Gasteiger partial charge in [-0.2, -0.15) is 13.2 Å². The number of hydrogen-bond acceptors (Lipinski definition) is 1. The number of nitrogens with zero attached hydrogens (tertiary/aromatic N) is 1. The van der Waals surface area contributed by atoms with E-state index in [1.807, 2.05) is 0 Å². The SMILES string of the molecule is CNC(=O)c1ccc(-c2ccc(-n3c(C)ccc3C)c(C(F)(F)F)c2)cc1. The number of rotatable bonds is 3. The molecule has 0 unspecified atom stereocenters. The van der Waals surface area contributed by atoms with E-state index in [1.54, 1.807) is 60.9 Å². The molecule has 27 heavy (non-hydrogen) atoms. The maximum Gasteiger partial charge on any atom is 0.418 e. The van der Waals surface area contributed by atoms with E-state index in [9.17, 15) is 18.0 Å². The van der Waals surface area contributed by atoms with Crippen LogP contribution in [0.1, 0.15) is 27.3 Å². The molecule has 0 atom stereocenters. The van der Waals surface area contributed by atoms with Gasteiger partial charge >= 0.3 is 6.18 Å². The normalized spacial score (nSPS) is 11.5. The molecule has 0 radical (unpaired) electrons. The molecule has 1 heterocycles. The second-order valence-electron chi connectivity index (χ2n) is 6.34. The van der Waals surface area contributed by atoms with Crippen molar-refractivity contribution in [3.63, 3.8) is 0 Å². The Morgan fingerprint density at radius 2 is 1.44 bits per heavy atom. The van der Waals surface area contributed by atoms with E-state index in [2.05, 4.69) is 5.32 Å². The van der Waals surface area contributed by atoms with Crippen LogP contribution in [0.2, 0.25) is 0 Å². The Labute approximate surface area is 155 Å². The number of nitrogens with one attached hydrogen (secondary N) is 1. The summed E-state index contributed by atoms with van der Waals surface area (Å²) in [7, 11) is 1.52. The number of carbonyl (C=O) groups excluding carboxylic acids is 1. The zero-order valence-electron chi connectivity index (χ0n) is 15.2. The molecule has 0 bridgehead atoms. The van der Waals surface area contributed by atoms with Crippen molar-refractivity contribution in [1.29, 1.82) is 0 Å². The van der Waals surface area contributed by atoms with Crippen molar-refractivity contribution in [3.05, 3.63) is 77.1 Å². The highest BCUT2D eigenvalue weighted by Gasteiger charge is 2.34. The van der Waals surface area contributed by atoms with Crippen molar-refractivity contribution in [2.24, 2.45) is 0 Å². The van der Waals surface area contributed by atoms with Gasteiger partial charge in [0.05, 0.1) is 11.3 Å². The Bertz CT molecular complexity index is 966. The Balaban J connectivity index is 2.11. The van der Waals surface area contributed by atoms with Crippen LogP contribution in [0.3, 0.4) is 0 Å². The third-order valence-corrected chi connectivity index (χ3v) is 4.52. The van der Waals surface area contributed by atoms with Crippen LogP contribution in [0.25, 0.3) is 16.8 Å². The van der Waals surface area contributed by atoms with E-state index < -0.39 is 11.7 Å². The van der Waals surface area contributed by atoms with E-state index >= 15 is 0 Å². The number of halogens is 3. The molecule has 1 N–H and O–H groups in total. The summed E-state index contributed by atoms with van der Waals surface area (Å²) >= 11 is 0. The van der Waals surface area contributed by atoms with Crippen LogP contribution in [0.15, 0.2) is 54.6 Å². The fourth-order valence-corrected chi connectivity index (χ4v) is 3.14. The van der Waals surface area contributed by atoms with Crippen molar-refractivity contribution < 1.29 is 18.0 Å². The summed E-state index contributed by atoms with van der Waals surface area (Å²) in [5.74, 6) is -0.244. The largest absolute Gasteiger partial charge is 0.418 e. The predicted molar refractivity (Wildman–Crippen MR) is 99.1 cm³/mol. The average molecular weight is 372 g/mol. The molecule has 0 saturated heterocycles. The summed E-state index contributed by atoms with van der Waals surface area (Å²) in [6.45, 7) is 3.55. The lowest BCUT2D eigenvalue weighted by atomic mass is 10.00. The molecule has 0 spiro atoms. The quantitative estimate of drug-likeness (QED) is 0.679. The number of alkyl halides is 3. The van der Waals surface area contributed by atoms with Crippen molar-refractivity contribution in [2.75, 3.05) is 7.05 Å². The number of amides is 1. The van der Waals surface area contributed by atoms with Crippen molar-refractivity contribution in [2.45, 2.75) is 20.0 Å². The van der Waals surface area contributed by atoms with E-state index in [0.717, 1.165) is 17.5 Å². The zero-order chi connectivity index (χ0) is 19.8. The van der Waals surface area contributed by atoms with Gasteiger partial charge in [-0.3, -0.25) is 4.79 Å². The molecule has 2 aromatic carbocycles. The summed E-state index contributed by atoms with van der Waals surface area (Å²) < 4.78 is 42.8. The van der Waals surface area contributed by atoms with Gasteiger partial charge < -0.3 is 9.88 Å². The van der Waals surface area contributed by atoms with Gasteiger partial charge in [-0.1, -0.05) is 18.2 Å². The van der Waals surface area contributed by atoms with Crippen LogP contribution >= 0.6 is 0 Å². The first-order valence-corrected chi connectivity index (χ1v) is 8.41. The van der Waals surface area contributed by atoms with Gasteiger partial charge in [-0.05, 0) is 61.4 Å². The van der Waals surface area contributed by atoms with Gasteiger partial charge in [-0.25, -0.2) is 0 Å². The number of aryl methyl sites for hydroxylation is 2. The Hall–Kier alpha value is -3.02. The summed E-state index contributed by atoms with van der Waals surface area (Å²) in [5.41, 5.74) is 2.39. The molecule has 0 aliphatic rings. The molecular formula is C21H19F3N2O. The van der Waals surface area contributed by atoms with Gasteiger partial charge in [-0.15, -0.1) is 0 Å². The molecule has 3 aromatic rings. The first kappa shape index (κ1) is 18.8. The molecule has 0 aliphatic heterocycles. The van der Waals surface area contributed by atoms with E-state index in [1.165, 1.54) is 13.1 Å². The van der Waals surface area contributed by atoms with Crippen molar-refractivity contribution >= 4 is 5.91 Å². The molecule has 0 saturated carbocycles. The van der Waals surface area contributed by atoms with Gasteiger partial charge in [0.1, 0.15) is 0 Å². The third-order valence-electron chi connectivity index (χ3n) is 4.52. The lowest BCUT2D eigenvalue weighted by Crippen LogP contribution is -2.17. The lowest BCUT2D eigenvalue weighted by Gasteiger charge is -2.18. The molecule has 0 fully saturated rings. The van der Waals surface area contributed by atoms with Crippen LogP contribution in [-0.4, -0.2) is 17.5 Å². The second kappa shape index (κ2) is 6.95. The topological polar surface area (TPSA) is 34.0 Å². The summed E-state index contributed by atoms with van der Waals surface area (Å²) in [6.07, 6.45) is -4.49. The minimum absolute atomic E-state index is 0.105. The molecule has 6 heteroatoms. The van der Waals surface area contributed by atoms with E-state index in [0.29, 0.717) is 16.7 Å². The first-order valence-electron chi connectivity index (χ1n) is 8.41. The van der Waals surface area contributed by atoms with E-state index in [-0.39, 0.29) is 11.6 Å². The first-order chi connectivity index (χ1) is 12.7. The fourth-order valence-electron chi connectivity index (χ4n) is 3.14. The van der Waals surface area contributed by atoms with Crippen LogP contribution in [0, 0.1) is 13.8 Å². The summed E-state index contributed by atoms with van der Waals surface area (Å²) in [5, 5.41) is 2.51. The molecule has 1 amide bonds. The van der Waals surface area contributed by atoms with Gasteiger partial charge in [0.15, 0.2) is 0 Å². The van der Waals surface area contributed by atoms with Crippen LogP contribution < -0.4 is 5.32 Å². The van der Waals surface area contributed by atoms with Gasteiger partial charge in [0.2, 0.25) is 0 Å². The molecule has 3 nitrogen and oxygen atoms in total. The molecule has 1 aromatic heterocycles. The third kappa shape index (κ3) is 3.60. The lowest BCUT2D eigenvalue weighted by molar-refractivity contribution is -0.137. The highest BCUT2D eigenvalue weighted by atomic mass is 19.4. The number of hydrogen-bond donors (Lipinski definition) is 1. The van der Waals surface area contributed by atoms with E-state index in [4.69, 9.17) is 0 Å². The predicted octanol–water partition coefficient (Wildman–Crippen LogP) is 5.14. The van der Waals surface area contributed by atoms with Crippen LogP contribution in [-0.2, 0) is 6.18 Å². The molecule has 3 rings (SSSR count). The highest BCUT2D eigenvalue weighted by Crippen LogP contribution is 2.37. The summed E-state index contributed by atoms with van der Waals surface area (Å²) in [6, 6.07) is 14.4. The molecular weight excluding hydrogens is 353 g/mol. The zero-order valence-corrected chi connectivity index (χ0v) is 15.2. The van der Waals surface area contributed by atoms with Crippen molar-refractivity contribution in [3.8, 4) is 16.8 Å². The van der Waals surface area contributed by atoms with Crippen LogP contribution in [0.4, 0.5) is 13.2 Å². The van der Waals surface area contributed by atoms with Gasteiger partial charge in [0.25, 0.3) is 5.91 Å². The molecule has 140 valence electrons. The minimum atomic E-state index is -4.49. The molecule has 0 aliphatic carbocycles. The maximum absolute atomic E-state index is 13.7. The standard InChI is InChI=1S/C21H19F3N2O/c1-13-4-5-14(2)26(13)19-11-10-17(12-18(19)21(22,23)24)15-6-8-16(9-7-15)20(27)25-3/h4-12H,1-3H3,(H,25,27). The Kier molecular flexibility index (Phi) is 4.83. The number of carbonyl (C=O) groups is 1. The summed E-state index contributed by atoms with van der Waals surface area (Å²) in [4.78, 5) is 11.6. The average Bonchev–Trinajstić information content (AvgIpc) is 2.98. The van der Waals surface area contributed by atoms with Gasteiger partial charge in [0, 0.05) is 24.0 Å². The Morgan fingerprint density at radius 1 is 0.889 bits per heavy atom. The Morgan fingerprint density at radius 3 is 1.96 bits per heavy atom. The number of benzene rings is 2. The smallest absolute Gasteiger partial charge is 0.355 e.